The van der Waals surface area contributed by atoms with Crippen LogP contribution in [0.5, 0.6) is 5.75 Å². The summed E-state index contributed by atoms with van der Waals surface area (Å²) in [7, 11) is 0. The molecule has 1 amide bonds. The Hall–Kier alpha value is -2.34. The summed E-state index contributed by atoms with van der Waals surface area (Å²) in [5, 5.41) is 3.00. The van der Waals surface area contributed by atoms with Crippen molar-refractivity contribution >= 4 is 5.91 Å². The van der Waals surface area contributed by atoms with E-state index in [1.165, 1.54) is 0 Å². The molecule has 0 radical (unpaired) electrons. The molecule has 1 fully saturated rings. The average molecular weight is 315 g/mol. The lowest BCUT2D eigenvalue weighted by Gasteiger charge is -2.20. The van der Waals surface area contributed by atoms with Gasteiger partial charge in [-0.2, -0.15) is 0 Å². The van der Waals surface area contributed by atoms with Crippen molar-refractivity contribution in [3.05, 3.63) is 48.5 Å². The van der Waals surface area contributed by atoms with Gasteiger partial charge in [0.05, 0.1) is 6.04 Å². The number of ether oxygens (including phenoxy) is 2. The lowest BCUT2D eigenvalue weighted by molar-refractivity contribution is -0.124. The maximum absolute atomic E-state index is 12.1. The van der Waals surface area contributed by atoms with Crippen LogP contribution in [0.25, 0.3) is 0 Å². The second-order valence-electron chi connectivity index (χ2n) is 5.43. The van der Waals surface area contributed by atoms with E-state index in [2.05, 4.69) is 17.2 Å². The van der Waals surface area contributed by atoms with Crippen LogP contribution in [-0.2, 0) is 16.1 Å². The molecule has 2 aromatic rings. The second kappa shape index (κ2) is 7.28. The summed E-state index contributed by atoms with van der Waals surface area (Å²) in [5.41, 5.74) is 0. The third kappa shape index (κ3) is 3.71. The summed E-state index contributed by atoms with van der Waals surface area (Å²) < 4.78 is 13.3. The monoisotopic (exact) mass is 315 g/mol. The highest BCUT2D eigenvalue weighted by atomic mass is 16.5. The number of imidazole rings is 1. The molecule has 0 bridgehead atoms. The van der Waals surface area contributed by atoms with Crippen LogP contribution in [0.4, 0.5) is 0 Å². The summed E-state index contributed by atoms with van der Waals surface area (Å²) in [6.07, 6.45) is 4.26. The van der Waals surface area contributed by atoms with Crippen molar-refractivity contribution in [2.45, 2.75) is 32.0 Å². The molecule has 0 spiro atoms. The molecule has 1 aromatic heterocycles. The molecule has 2 atom stereocenters. The van der Waals surface area contributed by atoms with Crippen LogP contribution in [0.3, 0.4) is 0 Å². The van der Waals surface area contributed by atoms with Gasteiger partial charge in [0.1, 0.15) is 17.7 Å². The normalized spacial score (nSPS) is 20.4. The fourth-order valence-electron chi connectivity index (χ4n) is 2.75. The zero-order valence-corrected chi connectivity index (χ0v) is 13.1. The minimum atomic E-state index is -0.203. The van der Waals surface area contributed by atoms with E-state index in [0.717, 1.165) is 18.8 Å². The number of rotatable bonds is 6. The maximum Gasteiger partial charge on any atom is 0.258 e. The van der Waals surface area contributed by atoms with E-state index in [1.807, 2.05) is 41.1 Å². The minimum absolute atomic E-state index is 0.00451. The number of para-hydroxylation sites is 1. The number of benzene rings is 1. The Bertz CT molecular complexity index is 642. The fraction of sp³-hybridized carbons (Fsp3) is 0.412. The first kappa shape index (κ1) is 15.6. The van der Waals surface area contributed by atoms with Crippen LogP contribution >= 0.6 is 0 Å². The summed E-state index contributed by atoms with van der Waals surface area (Å²) in [6.45, 7) is 3.50. The number of nitrogens with zero attached hydrogens (tertiary/aromatic N) is 2. The highest BCUT2D eigenvalue weighted by molar-refractivity contribution is 5.78. The molecule has 23 heavy (non-hydrogen) atoms. The van der Waals surface area contributed by atoms with Gasteiger partial charge in [0.15, 0.2) is 6.61 Å². The van der Waals surface area contributed by atoms with Gasteiger partial charge in [-0.05, 0) is 25.5 Å². The van der Waals surface area contributed by atoms with Gasteiger partial charge in [0.2, 0.25) is 0 Å². The van der Waals surface area contributed by atoms with Crippen LogP contribution in [0.2, 0.25) is 0 Å². The summed E-state index contributed by atoms with van der Waals surface area (Å²) in [4.78, 5) is 16.5. The molecular weight excluding hydrogens is 294 g/mol. The van der Waals surface area contributed by atoms with Crippen molar-refractivity contribution in [1.29, 1.82) is 0 Å². The predicted molar refractivity (Wildman–Crippen MR) is 85.1 cm³/mol. The first-order valence-electron chi connectivity index (χ1n) is 7.87. The van der Waals surface area contributed by atoms with E-state index in [9.17, 15) is 4.79 Å². The largest absolute Gasteiger partial charge is 0.484 e. The Morgan fingerprint density at radius 2 is 2.26 bits per heavy atom. The van der Waals surface area contributed by atoms with Crippen LogP contribution in [0.15, 0.2) is 42.7 Å². The molecule has 3 rings (SSSR count). The molecule has 6 nitrogen and oxygen atoms in total. The number of hydrogen-bond acceptors (Lipinski definition) is 4. The van der Waals surface area contributed by atoms with Gasteiger partial charge >= 0.3 is 0 Å². The molecule has 122 valence electrons. The van der Waals surface area contributed by atoms with E-state index in [4.69, 9.17) is 9.47 Å². The third-order valence-electron chi connectivity index (χ3n) is 3.89. The molecular formula is C17H21N3O3. The van der Waals surface area contributed by atoms with Crippen molar-refractivity contribution < 1.29 is 14.3 Å². The number of carbonyl (C=O) groups is 1. The number of carbonyl (C=O) groups excluding carboxylic acids is 1. The first-order valence-corrected chi connectivity index (χ1v) is 7.87. The zero-order chi connectivity index (χ0) is 16.1. The van der Waals surface area contributed by atoms with Crippen molar-refractivity contribution in [3.63, 3.8) is 0 Å². The lowest BCUT2D eigenvalue weighted by atomic mass is 10.1. The van der Waals surface area contributed by atoms with Crippen LogP contribution in [-0.4, -0.2) is 34.7 Å². The maximum atomic E-state index is 12.1. The highest BCUT2D eigenvalue weighted by Crippen LogP contribution is 2.28. The molecule has 2 heterocycles. The molecule has 1 N–H and O–H groups in total. The van der Waals surface area contributed by atoms with E-state index >= 15 is 0 Å². The number of amides is 1. The smallest absolute Gasteiger partial charge is 0.258 e. The second-order valence-corrected chi connectivity index (χ2v) is 5.43. The Kier molecular flexibility index (Phi) is 4.92. The third-order valence-corrected chi connectivity index (χ3v) is 3.89. The molecule has 1 aromatic carbocycles. The summed E-state index contributed by atoms with van der Waals surface area (Å²) in [5.74, 6) is 1.40. The fourth-order valence-corrected chi connectivity index (χ4v) is 2.75. The molecule has 1 aliphatic heterocycles. The van der Waals surface area contributed by atoms with E-state index < -0.39 is 0 Å². The lowest BCUT2D eigenvalue weighted by Crippen LogP contribution is -2.40. The molecule has 0 aliphatic carbocycles. The molecule has 1 aliphatic rings. The molecule has 1 saturated heterocycles. The van der Waals surface area contributed by atoms with Gasteiger partial charge in [-0.1, -0.05) is 18.2 Å². The topological polar surface area (TPSA) is 65.4 Å². The van der Waals surface area contributed by atoms with Gasteiger partial charge in [0, 0.05) is 25.5 Å². The number of aryl methyl sites for hydroxylation is 1. The predicted octanol–water partition coefficient (Wildman–Crippen LogP) is 1.93. The van der Waals surface area contributed by atoms with Crippen molar-refractivity contribution in [2.24, 2.45) is 0 Å². The van der Waals surface area contributed by atoms with Gasteiger partial charge in [-0.3, -0.25) is 4.79 Å². The van der Waals surface area contributed by atoms with Gasteiger partial charge < -0.3 is 19.4 Å². The van der Waals surface area contributed by atoms with Crippen LogP contribution in [0, 0.1) is 0 Å². The molecule has 6 heteroatoms. The van der Waals surface area contributed by atoms with E-state index in [1.54, 1.807) is 6.20 Å². The minimum Gasteiger partial charge on any atom is -0.484 e. The van der Waals surface area contributed by atoms with E-state index in [-0.39, 0.29) is 24.7 Å². The Morgan fingerprint density at radius 1 is 1.43 bits per heavy atom. The Labute approximate surface area is 135 Å². The number of nitrogens with one attached hydrogen (secondary N) is 1. The average Bonchev–Trinajstić information content (AvgIpc) is 3.22. The SMILES string of the molecule is CCn1ccnc1[C@H]1OCC[C@@H]1NC(=O)COc1ccccc1. The van der Waals surface area contributed by atoms with Gasteiger partial charge in [-0.25, -0.2) is 4.98 Å². The van der Waals surface area contributed by atoms with Crippen molar-refractivity contribution in [1.82, 2.24) is 14.9 Å². The summed E-state index contributed by atoms with van der Waals surface area (Å²) >= 11 is 0. The van der Waals surface area contributed by atoms with Crippen LogP contribution in [0.1, 0.15) is 25.3 Å². The van der Waals surface area contributed by atoms with Crippen molar-refractivity contribution in [2.75, 3.05) is 13.2 Å². The van der Waals surface area contributed by atoms with Crippen molar-refractivity contribution in [3.8, 4) is 5.75 Å². The quantitative estimate of drug-likeness (QED) is 0.884. The van der Waals surface area contributed by atoms with E-state index in [0.29, 0.717) is 12.4 Å². The zero-order valence-electron chi connectivity index (χ0n) is 13.1. The number of aromatic nitrogens is 2. The number of hydrogen-bond donors (Lipinski definition) is 1. The molecule has 0 saturated carbocycles. The summed E-state index contributed by atoms with van der Waals surface area (Å²) in [6, 6.07) is 9.23. The van der Waals surface area contributed by atoms with Crippen LogP contribution < -0.4 is 10.1 Å². The first-order chi connectivity index (χ1) is 11.3. The highest BCUT2D eigenvalue weighted by Gasteiger charge is 2.33. The van der Waals surface area contributed by atoms with Gasteiger partial charge in [-0.15, -0.1) is 0 Å². The standard InChI is InChI=1S/C17H21N3O3/c1-2-20-10-9-18-17(20)16-14(8-11-22-16)19-15(21)12-23-13-6-4-3-5-7-13/h3-7,9-10,14,16H,2,8,11-12H2,1H3,(H,19,21)/t14-,16-/m0/s1. The van der Waals surface area contributed by atoms with Gasteiger partial charge in [0.25, 0.3) is 5.91 Å². The molecule has 0 unspecified atom stereocenters. The Morgan fingerprint density at radius 3 is 3.04 bits per heavy atom. The Balaban J connectivity index is 1.57.